The second kappa shape index (κ2) is 6.84. The number of carbonyl (C=O) groups excluding carboxylic acids is 1. The summed E-state index contributed by atoms with van der Waals surface area (Å²) in [6.45, 7) is 7.57. The summed E-state index contributed by atoms with van der Waals surface area (Å²) in [6.07, 6.45) is 0.994. The van der Waals surface area contributed by atoms with Crippen molar-refractivity contribution in [1.29, 1.82) is 0 Å². The topological polar surface area (TPSA) is 38.8 Å². The first kappa shape index (κ1) is 16.2. The Labute approximate surface area is 137 Å². The minimum absolute atomic E-state index is 0.204. The van der Waals surface area contributed by atoms with Gasteiger partial charge >= 0.3 is 6.03 Å². The lowest BCUT2D eigenvalue weighted by molar-refractivity contribution is 0.115. The lowest BCUT2D eigenvalue weighted by Crippen LogP contribution is -2.50. The van der Waals surface area contributed by atoms with Crippen LogP contribution in [0.5, 0.6) is 0 Å². The van der Waals surface area contributed by atoms with Gasteiger partial charge in [-0.15, -0.1) is 0 Å². The van der Waals surface area contributed by atoms with E-state index in [9.17, 15) is 9.18 Å². The maximum absolute atomic E-state index is 13.9. The quantitative estimate of drug-likeness (QED) is 0.906. The van der Waals surface area contributed by atoms with Crippen LogP contribution in [0.15, 0.2) is 18.2 Å². The average Bonchev–Trinajstić information content (AvgIpc) is 3.01. The summed E-state index contributed by atoms with van der Waals surface area (Å²) < 4.78 is 13.9. The summed E-state index contributed by atoms with van der Waals surface area (Å²) in [6, 6.07) is 5.08. The molecule has 2 fully saturated rings. The Morgan fingerprint density at radius 2 is 1.96 bits per heavy atom. The van der Waals surface area contributed by atoms with E-state index in [2.05, 4.69) is 22.2 Å². The lowest BCUT2D eigenvalue weighted by atomic mass is 10.2. The van der Waals surface area contributed by atoms with Gasteiger partial charge < -0.3 is 15.1 Å². The van der Waals surface area contributed by atoms with Crippen LogP contribution in [0.25, 0.3) is 0 Å². The predicted molar refractivity (Wildman–Crippen MR) is 89.2 cm³/mol. The van der Waals surface area contributed by atoms with Crippen molar-refractivity contribution < 1.29 is 9.18 Å². The van der Waals surface area contributed by atoms with Gasteiger partial charge in [0.05, 0.1) is 5.69 Å². The van der Waals surface area contributed by atoms with E-state index in [-0.39, 0.29) is 17.5 Å². The minimum atomic E-state index is -0.381. The highest BCUT2D eigenvalue weighted by Crippen LogP contribution is 2.20. The fourth-order valence-electron chi connectivity index (χ4n) is 3.33. The second-order valence-electron chi connectivity index (χ2n) is 6.64. The molecule has 2 saturated heterocycles. The molecule has 2 amide bonds. The molecule has 126 valence electrons. The zero-order valence-electron chi connectivity index (χ0n) is 13.9. The van der Waals surface area contributed by atoms with E-state index in [1.54, 1.807) is 17.0 Å². The Morgan fingerprint density at radius 1 is 1.22 bits per heavy atom. The smallest absolute Gasteiger partial charge is 0.321 e. The molecule has 5 nitrogen and oxygen atoms in total. The van der Waals surface area contributed by atoms with Crippen molar-refractivity contribution in [3.05, 3.63) is 29.6 Å². The van der Waals surface area contributed by atoms with Gasteiger partial charge in [0.15, 0.2) is 0 Å². The molecule has 0 saturated carbocycles. The van der Waals surface area contributed by atoms with Gasteiger partial charge in [0, 0.05) is 45.3 Å². The second-order valence-corrected chi connectivity index (χ2v) is 6.64. The number of carbonyl (C=O) groups is 1. The van der Waals surface area contributed by atoms with Crippen molar-refractivity contribution in [3.63, 3.8) is 0 Å². The number of piperazine rings is 1. The monoisotopic (exact) mass is 320 g/mol. The number of urea groups is 1. The maximum Gasteiger partial charge on any atom is 0.321 e. The predicted octanol–water partition coefficient (Wildman–Crippen LogP) is 1.99. The highest BCUT2D eigenvalue weighted by molar-refractivity contribution is 5.89. The number of aryl methyl sites for hydroxylation is 1. The minimum Gasteiger partial charge on any atom is -0.323 e. The van der Waals surface area contributed by atoms with Crippen LogP contribution in [0.1, 0.15) is 12.0 Å². The van der Waals surface area contributed by atoms with Crippen molar-refractivity contribution in [2.75, 3.05) is 51.6 Å². The number of hydrogen-bond donors (Lipinski definition) is 1. The van der Waals surface area contributed by atoms with Crippen LogP contribution in [0.2, 0.25) is 0 Å². The zero-order chi connectivity index (χ0) is 16.4. The Kier molecular flexibility index (Phi) is 4.82. The molecule has 2 aliphatic rings. The van der Waals surface area contributed by atoms with E-state index < -0.39 is 0 Å². The number of likely N-dealkylation sites (N-methyl/N-ethyl adjacent to an activating group) is 1. The van der Waals surface area contributed by atoms with E-state index in [1.165, 1.54) is 6.07 Å². The molecule has 1 aromatic carbocycles. The van der Waals surface area contributed by atoms with Crippen molar-refractivity contribution in [2.45, 2.75) is 19.4 Å². The SMILES string of the molecule is Cc1ccc(NC(=O)N2CCC(N3CCN(C)CC3)C2)c(F)c1. The number of hydrogen-bond acceptors (Lipinski definition) is 3. The van der Waals surface area contributed by atoms with E-state index in [4.69, 9.17) is 0 Å². The third kappa shape index (κ3) is 3.82. The Balaban J connectivity index is 1.55. The standard InChI is InChI=1S/C17H25FN4O/c1-13-3-4-16(15(18)11-13)19-17(23)22-6-5-14(12-22)21-9-7-20(2)8-10-21/h3-4,11,14H,5-10,12H2,1-2H3,(H,19,23). The molecule has 1 unspecified atom stereocenters. The molecule has 0 spiro atoms. The van der Waals surface area contributed by atoms with Crippen LogP contribution in [-0.4, -0.2) is 73.1 Å². The molecule has 6 heteroatoms. The summed E-state index contributed by atoms with van der Waals surface area (Å²) in [5.74, 6) is -0.381. The van der Waals surface area contributed by atoms with Crippen LogP contribution in [0.4, 0.5) is 14.9 Å². The molecule has 2 aliphatic heterocycles. The molecule has 0 aliphatic carbocycles. The first-order chi connectivity index (χ1) is 11.0. The van der Waals surface area contributed by atoms with Crippen LogP contribution in [-0.2, 0) is 0 Å². The number of nitrogens with zero attached hydrogens (tertiary/aromatic N) is 3. The summed E-state index contributed by atoms with van der Waals surface area (Å²) >= 11 is 0. The Bertz CT molecular complexity index is 572. The van der Waals surface area contributed by atoms with Gasteiger partial charge in [0.25, 0.3) is 0 Å². The maximum atomic E-state index is 13.9. The van der Waals surface area contributed by atoms with Gasteiger partial charge in [-0.2, -0.15) is 0 Å². The van der Waals surface area contributed by atoms with Gasteiger partial charge in [-0.3, -0.25) is 4.90 Å². The van der Waals surface area contributed by atoms with Crippen LogP contribution in [0.3, 0.4) is 0 Å². The highest BCUT2D eigenvalue weighted by atomic mass is 19.1. The van der Waals surface area contributed by atoms with Gasteiger partial charge in [-0.05, 0) is 38.1 Å². The molecule has 3 rings (SSSR count). The average molecular weight is 320 g/mol. The van der Waals surface area contributed by atoms with Crippen LogP contribution >= 0.6 is 0 Å². The number of amides is 2. The third-order valence-electron chi connectivity index (χ3n) is 4.87. The van der Waals surface area contributed by atoms with Crippen molar-refractivity contribution in [2.24, 2.45) is 0 Å². The molecule has 23 heavy (non-hydrogen) atoms. The summed E-state index contributed by atoms with van der Waals surface area (Å²) in [5, 5.41) is 2.70. The molecule has 1 atom stereocenters. The van der Waals surface area contributed by atoms with Crippen LogP contribution < -0.4 is 5.32 Å². The van der Waals surface area contributed by atoms with E-state index in [0.717, 1.165) is 51.3 Å². The fraction of sp³-hybridized carbons (Fsp3) is 0.588. The van der Waals surface area contributed by atoms with E-state index in [1.807, 2.05) is 6.92 Å². The first-order valence-corrected chi connectivity index (χ1v) is 8.27. The van der Waals surface area contributed by atoms with E-state index in [0.29, 0.717) is 6.04 Å². The zero-order valence-corrected chi connectivity index (χ0v) is 13.9. The highest BCUT2D eigenvalue weighted by Gasteiger charge is 2.31. The largest absolute Gasteiger partial charge is 0.323 e. The number of anilines is 1. The molecule has 2 heterocycles. The van der Waals surface area contributed by atoms with Crippen molar-refractivity contribution in [1.82, 2.24) is 14.7 Å². The Hall–Kier alpha value is -1.66. The fourth-order valence-corrected chi connectivity index (χ4v) is 3.33. The van der Waals surface area contributed by atoms with E-state index >= 15 is 0 Å². The summed E-state index contributed by atoms with van der Waals surface area (Å²) in [7, 11) is 2.14. The number of halogens is 1. The van der Waals surface area contributed by atoms with Gasteiger partial charge in [-0.1, -0.05) is 6.07 Å². The molecule has 0 bridgehead atoms. The van der Waals surface area contributed by atoms with Crippen molar-refractivity contribution in [3.8, 4) is 0 Å². The molecule has 0 radical (unpaired) electrons. The van der Waals surface area contributed by atoms with Gasteiger partial charge in [0.1, 0.15) is 5.82 Å². The molecule has 0 aromatic heterocycles. The molecular weight excluding hydrogens is 295 g/mol. The molecule has 1 N–H and O–H groups in total. The normalized spacial score (nSPS) is 23.3. The number of rotatable bonds is 2. The number of benzene rings is 1. The van der Waals surface area contributed by atoms with Gasteiger partial charge in [-0.25, -0.2) is 9.18 Å². The number of likely N-dealkylation sites (tertiary alicyclic amines) is 1. The summed E-state index contributed by atoms with van der Waals surface area (Å²) in [4.78, 5) is 18.9. The van der Waals surface area contributed by atoms with Gasteiger partial charge in [0.2, 0.25) is 0 Å². The lowest BCUT2D eigenvalue weighted by Gasteiger charge is -2.36. The molecular formula is C17H25FN4O. The van der Waals surface area contributed by atoms with Crippen LogP contribution in [0, 0.1) is 12.7 Å². The third-order valence-corrected chi connectivity index (χ3v) is 4.87. The molecule has 1 aromatic rings. The summed E-state index contributed by atoms with van der Waals surface area (Å²) in [5.41, 5.74) is 1.10. The van der Waals surface area contributed by atoms with Crippen molar-refractivity contribution >= 4 is 11.7 Å². The Morgan fingerprint density at radius 3 is 2.65 bits per heavy atom. The number of nitrogens with one attached hydrogen (secondary N) is 1. The first-order valence-electron chi connectivity index (χ1n) is 8.27.